The molecule has 1 aromatic rings. The maximum atomic E-state index is 5.20. The lowest BCUT2D eigenvalue weighted by Gasteiger charge is -2.20. The number of nitrogens with one attached hydrogen (secondary N) is 1. The number of ether oxygens (including phenoxy) is 1. The number of hydrogen-bond acceptors (Lipinski definition) is 2. The van der Waals surface area contributed by atoms with Crippen LogP contribution in [-0.2, 0) is 0 Å². The summed E-state index contributed by atoms with van der Waals surface area (Å²) in [5, 5.41) is 3.56. The van der Waals surface area contributed by atoms with E-state index in [4.69, 9.17) is 4.74 Å². The first-order chi connectivity index (χ1) is 7.79. The maximum absolute atomic E-state index is 5.20. The fourth-order valence-electron chi connectivity index (χ4n) is 2.06. The van der Waals surface area contributed by atoms with Gasteiger partial charge in [0, 0.05) is 11.7 Å². The largest absolute Gasteiger partial charge is 0.497 e. The number of benzene rings is 1. The van der Waals surface area contributed by atoms with Crippen LogP contribution in [-0.4, -0.2) is 13.2 Å². The Morgan fingerprint density at radius 3 is 2.88 bits per heavy atom. The van der Waals surface area contributed by atoms with Gasteiger partial charge in [-0.05, 0) is 49.9 Å². The van der Waals surface area contributed by atoms with E-state index in [9.17, 15) is 0 Å². The minimum absolute atomic E-state index is 0.487. The van der Waals surface area contributed by atoms with Gasteiger partial charge >= 0.3 is 0 Å². The Bertz CT molecular complexity index is 384. The van der Waals surface area contributed by atoms with E-state index in [0.717, 1.165) is 5.75 Å². The quantitative estimate of drug-likeness (QED) is 0.782. The van der Waals surface area contributed by atoms with Crippen LogP contribution in [0.15, 0.2) is 30.4 Å². The molecule has 0 spiro atoms. The summed E-state index contributed by atoms with van der Waals surface area (Å²) in [5.74, 6) is 0.919. The van der Waals surface area contributed by atoms with Crippen LogP contribution in [0.1, 0.15) is 24.8 Å². The molecule has 0 amide bonds. The van der Waals surface area contributed by atoms with Gasteiger partial charge in [-0.1, -0.05) is 12.2 Å². The molecule has 0 fully saturated rings. The highest BCUT2D eigenvalue weighted by Crippen LogP contribution is 2.23. The van der Waals surface area contributed by atoms with E-state index in [2.05, 4.69) is 36.5 Å². The van der Waals surface area contributed by atoms with Crippen molar-refractivity contribution in [2.24, 2.45) is 0 Å². The molecule has 1 aromatic carbocycles. The zero-order valence-electron chi connectivity index (χ0n) is 9.99. The van der Waals surface area contributed by atoms with E-state index >= 15 is 0 Å². The van der Waals surface area contributed by atoms with Crippen molar-refractivity contribution < 1.29 is 4.74 Å². The van der Waals surface area contributed by atoms with Crippen molar-refractivity contribution in [3.8, 4) is 5.75 Å². The number of aryl methyl sites for hydroxylation is 1. The van der Waals surface area contributed by atoms with E-state index in [1.165, 1.54) is 30.5 Å². The van der Waals surface area contributed by atoms with Crippen molar-refractivity contribution in [3.05, 3.63) is 35.9 Å². The molecule has 0 aliphatic heterocycles. The smallest absolute Gasteiger partial charge is 0.119 e. The molecule has 2 heteroatoms. The number of hydrogen-bond donors (Lipinski definition) is 1. The zero-order chi connectivity index (χ0) is 11.4. The number of rotatable bonds is 3. The molecule has 2 rings (SSSR count). The lowest BCUT2D eigenvalue weighted by Crippen LogP contribution is -2.19. The second-order valence-electron chi connectivity index (χ2n) is 4.29. The number of allylic oxidation sites excluding steroid dienone is 1. The average molecular weight is 217 g/mol. The Balaban J connectivity index is 2.09. The molecule has 1 aliphatic rings. The van der Waals surface area contributed by atoms with Crippen molar-refractivity contribution in [3.63, 3.8) is 0 Å². The van der Waals surface area contributed by atoms with E-state index < -0.39 is 0 Å². The summed E-state index contributed by atoms with van der Waals surface area (Å²) >= 11 is 0. The second-order valence-corrected chi connectivity index (χ2v) is 4.29. The van der Waals surface area contributed by atoms with Gasteiger partial charge in [0.15, 0.2) is 0 Å². The molecule has 2 nitrogen and oxygen atoms in total. The van der Waals surface area contributed by atoms with Crippen LogP contribution in [0.2, 0.25) is 0 Å². The second kappa shape index (κ2) is 5.06. The van der Waals surface area contributed by atoms with Gasteiger partial charge in [0.25, 0.3) is 0 Å². The summed E-state index contributed by atoms with van der Waals surface area (Å²) in [7, 11) is 1.70. The van der Waals surface area contributed by atoms with Gasteiger partial charge in [0.05, 0.1) is 7.11 Å². The predicted octanol–water partition coefficient (Wildman–Crippen LogP) is 3.52. The molecule has 0 heterocycles. The van der Waals surface area contributed by atoms with E-state index in [1.807, 2.05) is 6.07 Å². The predicted molar refractivity (Wildman–Crippen MR) is 68.1 cm³/mol. The Kier molecular flexibility index (Phi) is 3.50. The number of anilines is 1. The van der Waals surface area contributed by atoms with Gasteiger partial charge in [0.1, 0.15) is 5.75 Å². The molecular weight excluding hydrogens is 198 g/mol. The van der Waals surface area contributed by atoms with Crippen LogP contribution in [0.4, 0.5) is 5.69 Å². The molecule has 0 saturated carbocycles. The van der Waals surface area contributed by atoms with E-state index in [1.54, 1.807) is 7.11 Å². The van der Waals surface area contributed by atoms with Crippen LogP contribution in [0.5, 0.6) is 5.75 Å². The van der Waals surface area contributed by atoms with Gasteiger partial charge in [-0.2, -0.15) is 0 Å². The molecule has 1 aliphatic carbocycles. The Labute approximate surface area is 97.3 Å². The van der Waals surface area contributed by atoms with Gasteiger partial charge in [-0.3, -0.25) is 0 Å². The van der Waals surface area contributed by atoms with Crippen LogP contribution >= 0.6 is 0 Å². The van der Waals surface area contributed by atoms with Crippen molar-refractivity contribution in [2.75, 3.05) is 12.4 Å². The summed E-state index contributed by atoms with van der Waals surface area (Å²) in [4.78, 5) is 0. The van der Waals surface area contributed by atoms with Crippen molar-refractivity contribution in [1.82, 2.24) is 0 Å². The van der Waals surface area contributed by atoms with Gasteiger partial charge in [-0.15, -0.1) is 0 Å². The third kappa shape index (κ3) is 2.57. The minimum Gasteiger partial charge on any atom is -0.497 e. The van der Waals surface area contributed by atoms with E-state index in [-0.39, 0.29) is 0 Å². The highest BCUT2D eigenvalue weighted by molar-refractivity contribution is 5.54. The summed E-state index contributed by atoms with van der Waals surface area (Å²) < 4.78 is 5.20. The molecule has 0 radical (unpaired) electrons. The normalized spacial score (nSPS) is 19.5. The van der Waals surface area contributed by atoms with Crippen LogP contribution in [0.25, 0.3) is 0 Å². The molecule has 0 aromatic heterocycles. The lowest BCUT2D eigenvalue weighted by atomic mass is 10.0. The minimum atomic E-state index is 0.487. The highest BCUT2D eigenvalue weighted by Gasteiger charge is 2.09. The first-order valence-electron chi connectivity index (χ1n) is 5.87. The SMILES string of the molecule is COc1ccc(NC2C=CCCC2)c(C)c1. The Morgan fingerprint density at radius 1 is 1.38 bits per heavy atom. The third-order valence-electron chi connectivity index (χ3n) is 3.03. The van der Waals surface area contributed by atoms with E-state index in [0.29, 0.717) is 6.04 Å². The topological polar surface area (TPSA) is 21.3 Å². The van der Waals surface area contributed by atoms with Crippen LogP contribution < -0.4 is 10.1 Å². The third-order valence-corrected chi connectivity index (χ3v) is 3.03. The molecular formula is C14H19NO. The molecule has 1 N–H and O–H groups in total. The number of methoxy groups -OCH3 is 1. The maximum Gasteiger partial charge on any atom is 0.119 e. The summed E-state index contributed by atoms with van der Waals surface area (Å²) in [6.45, 7) is 2.11. The summed E-state index contributed by atoms with van der Waals surface area (Å²) in [6.07, 6.45) is 8.26. The molecule has 16 heavy (non-hydrogen) atoms. The first-order valence-corrected chi connectivity index (χ1v) is 5.87. The van der Waals surface area contributed by atoms with Gasteiger partial charge in [-0.25, -0.2) is 0 Å². The van der Waals surface area contributed by atoms with Gasteiger partial charge in [0.2, 0.25) is 0 Å². The first kappa shape index (κ1) is 11.1. The standard InChI is InChI=1S/C14H19NO/c1-11-10-13(16-2)8-9-14(11)15-12-6-4-3-5-7-12/h4,6,8-10,12,15H,3,5,7H2,1-2H3. The van der Waals surface area contributed by atoms with Crippen LogP contribution in [0, 0.1) is 6.92 Å². The Morgan fingerprint density at radius 2 is 2.25 bits per heavy atom. The molecule has 1 atom stereocenters. The van der Waals surface area contributed by atoms with Crippen LogP contribution in [0.3, 0.4) is 0 Å². The zero-order valence-corrected chi connectivity index (χ0v) is 9.99. The fraction of sp³-hybridized carbons (Fsp3) is 0.429. The summed E-state index contributed by atoms with van der Waals surface area (Å²) in [6, 6.07) is 6.65. The highest BCUT2D eigenvalue weighted by atomic mass is 16.5. The van der Waals surface area contributed by atoms with Gasteiger partial charge < -0.3 is 10.1 Å². The Hall–Kier alpha value is -1.44. The molecule has 0 bridgehead atoms. The summed E-state index contributed by atoms with van der Waals surface area (Å²) in [5.41, 5.74) is 2.44. The van der Waals surface area contributed by atoms with Crippen molar-refractivity contribution in [2.45, 2.75) is 32.2 Å². The molecule has 0 saturated heterocycles. The monoisotopic (exact) mass is 217 g/mol. The van der Waals surface area contributed by atoms with Crippen molar-refractivity contribution >= 4 is 5.69 Å². The molecule has 1 unspecified atom stereocenters. The molecule has 86 valence electrons. The lowest BCUT2D eigenvalue weighted by molar-refractivity contribution is 0.414. The van der Waals surface area contributed by atoms with Crippen molar-refractivity contribution in [1.29, 1.82) is 0 Å². The average Bonchev–Trinajstić information content (AvgIpc) is 2.33. The fourth-order valence-corrected chi connectivity index (χ4v) is 2.06.